The third-order valence-corrected chi connectivity index (χ3v) is 6.76. The van der Waals surface area contributed by atoms with Gasteiger partial charge in [-0.3, -0.25) is 13.9 Å². The second kappa shape index (κ2) is 8.71. The molecule has 1 atom stereocenters. The van der Waals surface area contributed by atoms with Crippen LogP contribution in [0.1, 0.15) is 34.7 Å². The van der Waals surface area contributed by atoms with Crippen molar-refractivity contribution in [2.24, 2.45) is 7.05 Å². The second-order valence-corrected chi connectivity index (χ2v) is 9.39. The molecule has 0 spiro atoms. The molecule has 0 unspecified atom stereocenters. The minimum atomic E-state index is -1.07. The molecule has 0 aliphatic heterocycles. The van der Waals surface area contributed by atoms with Crippen molar-refractivity contribution in [2.75, 3.05) is 5.73 Å². The molecule has 8 heteroatoms. The van der Waals surface area contributed by atoms with E-state index < -0.39 is 17.8 Å². The highest BCUT2D eigenvalue weighted by Crippen LogP contribution is 2.30. The molecule has 3 aromatic carbocycles. The number of nitrogens with zero attached hydrogens (tertiary/aromatic N) is 3. The Kier molecular flexibility index (Phi) is 5.67. The minimum Gasteiger partial charge on any atom is -0.481 e. The Balaban J connectivity index is 1.74. The Hall–Kier alpha value is -4.33. The van der Waals surface area contributed by atoms with Crippen LogP contribution in [0.25, 0.3) is 21.9 Å². The zero-order valence-corrected chi connectivity index (χ0v) is 20.3. The van der Waals surface area contributed by atoms with Crippen LogP contribution in [0, 0.1) is 19.7 Å². The fourth-order valence-electron chi connectivity index (χ4n) is 5.26. The molecule has 0 radical (unpaired) electrons. The summed E-state index contributed by atoms with van der Waals surface area (Å²) in [6.45, 7) is 4.42. The number of carboxylic acid groups (broad SMARTS) is 1. The molecule has 0 bridgehead atoms. The van der Waals surface area contributed by atoms with Crippen LogP contribution in [0.4, 0.5) is 10.1 Å². The highest BCUT2D eigenvalue weighted by atomic mass is 19.1. The molecule has 0 fully saturated rings. The fourth-order valence-corrected chi connectivity index (χ4v) is 5.26. The molecule has 7 nitrogen and oxygen atoms in total. The topological polar surface area (TPSA) is 95.2 Å². The lowest BCUT2D eigenvalue weighted by Gasteiger charge is -2.17. The molecule has 3 N–H and O–H groups in total. The Morgan fingerprint density at radius 2 is 1.75 bits per heavy atom. The predicted octanol–water partition coefficient (Wildman–Crippen LogP) is 4.75. The number of carboxylic acids is 1. The average molecular weight is 487 g/mol. The standard InChI is InChI=1S/C28H27FN4O3/c1-16-10-17(2)27-19(14-31(3)25(27)11-16)15-32-22-9-8-21(30)12-24(22)33(28(32)36)23(13-26(34)35)18-4-6-20(29)7-5-18/h4-12,14,23H,13,15,30H2,1-3H3,(H,34,35)/t23-/m1/s1. The van der Waals surface area contributed by atoms with E-state index in [0.717, 1.165) is 27.6 Å². The Morgan fingerprint density at radius 3 is 2.44 bits per heavy atom. The molecule has 0 aliphatic rings. The molecule has 36 heavy (non-hydrogen) atoms. The summed E-state index contributed by atoms with van der Waals surface area (Å²) in [6, 6.07) is 14.2. The van der Waals surface area contributed by atoms with E-state index in [4.69, 9.17) is 5.73 Å². The summed E-state index contributed by atoms with van der Waals surface area (Å²) in [6.07, 6.45) is 1.69. The zero-order chi connectivity index (χ0) is 25.7. The number of nitrogens with two attached hydrogens (primary N) is 1. The van der Waals surface area contributed by atoms with Crippen molar-refractivity contribution < 1.29 is 14.3 Å². The summed E-state index contributed by atoms with van der Waals surface area (Å²) in [7, 11) is 1.98. The largest absolute Gasteiger partial charge is 0.481 e. The van der Waals surface area contributed by atoms with Gasteiger partial charge >= 0.3 is 11.7 Å². The summed E-state index contributed by atoms with van der Waals surface area (Å²) >= 11 is 0. The van der Waals surface area contributed by atoms with E-state index in [9.17, 15) is 19.1 Å². The summed E-state index contributed by atoms with van der Waals surface area (Å²) in [5, 5.41) is 10.8. The van der Waals surface area contributed by atoms with Gasteiger partial charge in [0.15, 0.2) is 0 Å². The summed E-state index contributed by atoms with van der Waals surface area (Å²) in [5.74, 6) is -1.51. The lowest BCUT2D eigenvalue weighted by Crippen LogP contribution is -2.29. The molecule has 0 aliphatic carbocycles. The number of nitrogen functional groups attached to an aromatic ring is 1. The summed E-state index contributed by atoms with van der Waals surface area (Å²) in [5.41, 5.74) is 12.2. The molecule has 5 rings (SSSR count). The predicted molar refractivity (Wildman–Crippen MR) is 139 cm³/mol. The number of anilines is 1. The number of fused-ring (bicyclic) bond motifs is 2. The first-order valence-electron chi connectivity index (χ1n) is 11.7. The maximum atomic E-state index is 14.0. The van der Waals surface area contributed by atoms with E-state index in [1.807, 2.05) is 13.2 Å². The van der Waals surface area contributed by atoms with Gasteiger partial charge in [0, 0.05) is 29.8 Å². The van der Waals surface area contributed by atoms with Gasteiger partial charge in [0.2, 0.25) is 0 Å². The van der Waals surface area contributed by atoms with E-state index in [2.05, 4.69) is 30.5 Å². The molecule has 0 amide bonds. The van der Waals surface area contributed by atoms with Gasteiger partial charge in [-0.1, -0.05) is 18.2 Å². The smallest absolute Gasteiger partial charge is 0.330 e. The molecule has 0 saturated carbocycles. The average Bonchev–Trinajstić information content (AvgIpc) is 3.26. The van der Waals surface area contributed by atoms with Crippen molar-refractivity contribution in [1.29, 1.82) is 0 Å². The molecule has 0 saturated heterocycles. The lowest BCUT2D eigenvalue weighted by atomic mass is 10.0. The molecular formula is C28H27FN4O3. The van der Waals surface area contributed by atoms with Crippen LogP contribution in [-0.4, -0.2) is 24.8 Å². The van der Waals surface area contributed by atoms with E-state index in [-0.39, 0.29) is 12.1 Å². The maximum Gasteiger partial charge on any atom is 0.330 e. The van der Waals surface area contributed by atoms with Gasteiger partial charge in [0.05, 0.1) is 30.0 Å². The summed E-state index contributed by atoms with van der Waals surface area (Å²) < 4.78 is 18.8. The van der Waals surface area contributed by atoms with E-state index in [1.165, 1.54) is 28.8 Å². The molecule has 5 aromatic rings. The molecule has 2 aromatic heterocycles. The number of aromatic nitrogens is 3. The Bertz CT molecular complexity index is 1690. The molecular weight excluding hydrogens is 459 g/mol. The van der Waals surface area contributed by atoms with Gasteiger partial charge < -0.3 is 15.4 Å². The number of carbonyl (C=O) groups is 1. The van der Waals surface area contributed by atoms with Gasteiger partial charge in [-0.05, 0) is 72.5 Å². The quantitative estimate of drug-likeness (QED) is 0.339. The van der Waals surface area contributed by atoms with E-state index in [1.54, 1.807) is 22.8 Å². The van der Waals surface area contributed by atoms with Crippen LogP contribution in [0.15, 0.2) is 65.6 Å². The van der Waals surface area contributed by atoms with Gasteiger partial charge in [-0.25, -0.2) is 9.18 Å². The van der Waals surface area contributed by atoms with E-state index in [0.29, 0.717) is 28.8 Å². The highest BCUT2D eigenvalue weighted by Gasteiger charge is 2.25. The van der Waals surface area contributed by atoms with E-state index >= 15 is 0 Å². The third kappa shape index (κ3) is 3.94. The third-order valence-electron chi connectivity index (χ3n) is 6.76. The molecule has 184 valence electrons. The Labute approximate surface area is 206 Å². The first-order chi connectivity index (χ1) is 17.1. The van der Waals surface area contributed by atoms with Crippen molar-refractivity contribution in [3.05, 3.63) is 99.3 Å². The SMILES string of the molecule is Cc1cc(C)c2c(Cn3c(=O)n([C@H](CC(=O)O)c4ccc(F)cc4)c4cc(N)ccc43)cn(C)c2c1. The van der Waals surface area contributed by atoms with Gasteiger partial charge in [-0.15, -0.1) is 0 Å². The lowest BCUT2D eigenvalue weighted by molar-refractivity contribution is -0.137. The number of hydrogen-bond acceptors (Lipinski definition) is 3. The number of halogens is 1. The Morgan fingerprint density at radius 1 is 1.03 bits per heavy atom. The molecule has 2 heterocycles. The first kappa shape index (κ1) is 23.4. The van der Waals surface area contributed by atoms with Crippen molar-refractivity contribution in [3.8, 4) is 0 Å². The number of hydrogen-bond donors (Lipinski definition) is 2. The second-order valence-electron chi connectivity index (χ2n) is 9.39. The number of rotatable bonds is 6. The van der Waals surface area contributed by atoms with Gasteiger partial charge in [0.25, 0.3) is 0 Å². The number of benzene rings is 3. The van der Waals surface area contributed by atoms with Crippen LogP contribution < -0.4 is 11.4 Å². The van der Waals surface area contributed by atoms with Gasteiger partial charge in [0.1, 0.15) is 5.82 Å². The van der Waals surface area contributed by atoms with Crippen LogP contribution in [-0.2, 0) is 18.4 Å². The highest BCUT2D eigenvalue weighted by molar-refractivity contribution is 5.88. The van der Waals surface area contributed by atoms with Crippen molar-refractivity contribution >= 4 is 33.6 Å². The van der Waals surface area contributed by atoms with Crippen LogP contribution in [0.2, 0.25) is 0 Å². The van der Waals surface area contributed by atoms with Crippen molar-refractivity contribution in [1.82, 2.24) is 13.7 Å². The minimum absolute atomic E-state index is 0.302. The fraction of sp³-hybridized carbons (Fsp3) is 0.214. The normalized spacial score (nSPS) is 12.4. The number of aliphatic carboxylic acids is 1. The number of aryl methyl sites for hydroxylation is 3. The van der Waals surface area contributed by atoms with Crippen molar-refractivity contribution in [2.45, 2.75) is 32.9 Å². The monoisotopic (exact) mass is 486 g/mol. The summed E-state index contributed by atoms with van der Waals surface area (Å²) in [4.78, 5) is 25.8. The zero-order valence-electron chi connectivity index (χ0n) is 20.3. The number of imidazole rings is 1. The van der Waals surface area contributed by atoms with Gasteiger partial charge in [-0.2, -0.15) is 0 Å². The van der Waals surface area contributed by atoms with Crippen LogP contribution >= 0.6 is 0 Å². The van der Waals surface area contributed by atoms with Crippen LogP contribution in [0.5, 0.6) is 0 Å². The van der Waals surface area contributed by atoms with Crippen molar-refractivity contribution in [3.63, 3.8) is 0 Å². The first-order valence-corrected chi connectivity index (χ1v) is 11.7. The maximum absolute atomic E-state index is 14.0. The van der Waals surface area contributed by atoms with Crippen LogP contribution in [0.3, 0.4) is 0 Å².